The van der Waals surface area contributed by atoms with Gasteiger partial charge in [0.25, 0.3) is 0 Å². The van der Waals surface area contributed by atoms with Crippen molar-refractivity contribution >= 4 is 5.97 Å². The largest absolute Gasteiger partial charge is 0.481 e. The van der Waals surface area contributed by atoms with Gasteiger partial charge in [0.05, 0.1) is 12.2 Å². The number of rotatable bonds is 7. The minimum absolute atomic E-state index is 0.0336. The molecule has 4 fully saturated rings. The molecule has 0 aromatic carbocycles. The monoisotopic (exact) mass is 506 g/mol. The Labute approximate surface area is 220 Å². The van der Waals surface area contributed by atoms with Crippen molar-refractivity contribution in [2.75, 3.05) is 6.61 Å². The van der Waals surface area contributed by atoms with E-state index in [-0.39, 0.29) is 30.3 Å². The Morgan fingerprint density at radius 3 is 2.56 bits per heavy atom. The van der Waals surface area contributed by atoms with Gasteiger partial charge >= 0.3 is 5.97 Å². The van der Waals surface area contributed by atoms with Gasteiger partial charge < -0.3 is 19.7 Å². The first-order valence-corrected chi connectivity index (χ1v) is 15.4. The summed E-state index contributed by atoms with van der Waals surface area (Å²) in [5, 5.41) is 21.3. The summed E-state index contributed by atoms with van der Waals surface area (Å²) >= 11 is 0. The number of aliphatic hydroxyl groups excluding tert-OH is 1. The molecule has 3 aliphatic carbocycles. The van der Waals surface area contributed by atoms with E-state index in [2.05, 4.69) is 27.7 Å². The highest BCUT2D eigenvalue weighted by Crippen LogP contribution is 2.63. The topological polar surface area (TPSA) is 76.0 Å². The Kier molecular flexibility index (Phi) is 9.82. The molecule has 208 valence electrons. The lowest BCUT2D eigenvalue weighted by molar-refractivity contribution is -0.193. The summed E-state index contributed by atoms with van der Waals surface area (Å²) in [4.78, 5) is 11.2. The number of aliphatic carboxylic acids is 1. The van der Waals surface area contributed by atoms with Crippen molar-refractivity contribution in [3.63, 3.8) is 0 Å². The number of ether oxygens (including phenoxy) is 2. The number of carboxylic acids is 1. The van der Waals surface area contributed by atoms with E-state index in [0.717, 1.165) is 51.6 Å². The predicted octanol–water partition coefficient (Wildman–Crippen LogP) is 7.06. The van der Waals surface area contributed by atoms with Crippen molar-refractivity contribution in [1.29, 1.82) is 0 Å². The van der Waals surface area contributed by atoms with E-state index in [1.54, 1.807) is 0 Å². The van der Waals surface area contributed by atoms with Crippen LogP contribution in [-0.2, 0) is 14.3 Å². The molecule has 0 aromatic heterocycles. The molecule has 5 heteroatoms. The van der Waals surface area contributed by atoms with Crippen molar-refractivity contribution in [3.05, 3.63) is 0 Å². The minimum atomic E-state index is -0.676. The average molecular weight is 507 g/mol. The quantitative estimate of drug-likeness (QED) is 0.387. The third kappa shape index (κ3) is 6.15. The van der Waals surface area contributed by atoms with Gasteiger partial charge in [-0.1, -0.05) is 34.1 Å². The molecule has 0 bridgehead atoms. The summed E-state index contributed by atoms with van der Waals surface area (Å²) in [7, 11) is 0. The number of hydrogen-bond donors (Lipinski definition) is 2. The van der Waals surface area contributed by atoms with Gasteiger partial charge in [0.2, 0.25) is 0 Å². The third-order valence-electron chi connectivity index (χ3n) is 11.4. The van der Waals surface area contributed by atoms with Crippen LogP contribution in [0.15, 0.2) is 0 Å². The van der Waals surface area contributed by atoms with Crippen LogP contribution in [0.2, 0.25) is 0 Å². The highest BCUT2D eigenvalue weighted by Gasteiger charge is 2.57. The van der Waals surface area contributed by atoms with Crippen LogP contribution in [0, 0.1) is 46.8 Å². The first-order chi connectivity index (χ1) is 17.2. The normalized spacial score (nSPS) is 44.9. The zero-order chi connectivity index (χ0) is 25.9. The van der Waals surface area contributed by atoms with Gasteiger partial charge in [0.1, 0.15) is 0 Å². The zero-order valence-corrected chi connectivity index (χ0v) is 23.5. The van der Waals surface area contributed by atoms with Crippen LogP contribution in [0.25, 0.3) is 0 Å². The van der Waals surface area contributed by atoms with Gasteiger partial charge in [0, 0.05) is 13.0 Å². The first-order valence-electron chi connectivity index (χ1n) is 15.4. The molecular weight excluding hydrogens is 452 g/mol. The summed E-state index contributed by atoms with van der Waals surface area (Å²) in [5.41, 5.74) is 0.228. The molecule has 5 unspecified atom stereocenters. The van der Waals surface area contributed by atoms with E-state index in [9.17, 15) is 15.0 Å². The lowest BCUT2D eigenvalue weighted by Gasteiger charge is -2.54. The van der Waals surface area contributed by atoms with E-state index >= 15 is 0 Å². The van der Waals surface area contributed by atoms with Crippen LogP contribution in [0.5, 0.6) is 0 Å². The molecule has 0 amide bonds. The summed E-state index contributed by atoms with van der Waals surface area (Å²) in [6, 6.07) is 0. The van der Waals surface area contributed by atoms with Crippen LogP contribution in [0.1, 0.15) is 118 Å². The van der Waals surface area contributed by atoms with Crippen molar-refractivity contribution in [2.45, 2.75) is 136 Å². The first kappa shape index (κ1) is 28.4. The average Bonchev–Trinajstić information content (AvgIpc) is 3.22. The highest BCUT2D eigenvalue weighted by atomic mass is 16.7. The maximum Gasteiger partial charge on any atom is 0.303 e. The molecule has 5 nitrogen and oxygen atoms in total. The molecule has 0 spiro atoms. The van der Waals surface area contributed by atoms with Crippen LogP contribution < -0.4 is 0 Å². The molecule has 11 atom stereocenters. The van der Waals surface area contributed by atoms with Gasteiger partial charge in [-0.15, -0.1) is 0 Å². The maximum absolute atomic E-state index is 12.0. The van der Waals surface area contributed by atoms with E-state index in [1.165, 1.54) is 38.5 Å². The van der Waals surface area contributed by atoms with E-state index in [4.69, 9.17) is 9.47 Å². The predicted molar refractivity (Wildman–Crippen MR) is 142 cm³/mol. The zero-order valence-electron chi connectivity index (χ0n) is 23.5. The Balaban J connectivity index is 1.50. The van der Waals surface area contributed by atoms with Crippen molar-refractivity contribution in [2.24, 2.45) is 46.8 Å². The molecule has 4 aliphatic rings. The number of hydrogen-bond acceptors (Lipinski definition) is 4. The molecule has 0 radical (unpaired) electrons. The van der Waals surface area contributed by atoms with Crippen LogP contribution in [-0.4, -0.2) is 41.3 Å². The summed E-state index contributed by atoms with van der Waals surface area (Å²) < 4.78 is 12.4. The van der Waals surface area contributed by atoms with E-state index in [0.29, 0.717) is 41.4 Å². The highest BCUT2D eigenvalue weighted by molar-refractivity contribution is 5.66. The number of aliphatic hydroxyl groups is 1. The van der Waals surface area contributed by atoms with Crippen LogP contribution in [0.3, 0.4) is 0 Å². The molecule has 1 aliphatic heterocycles. The van der Waals surface area contributed by atoms with Crippen molar-refractivity contribution in [1.82, 2.24) is 0 Å². The SMILES string of the molecule is CC[C@@H]1CC[C@H](OC2CCCCO2)CC[C@H](C)C2CC[C@@]3(C)C(CCC3[C@H](C)CCC(=O)O)C2[C@@H]1O. The summed E-state index contributed by atoms with van der Waals surface area (Å²) in [6.07, 6.45) is 14.6. The standard InChI is InChI=1S/C31H54O5/c1-5-22-11-13-23(36-28-8-6-7-19-35-28)12-9-20(2)24-17-18-31(4)25(21(3)10-16-27(32)33)14-15-26(31)29(24)30(22)34/h20-26,28-30,34H,5-19H2,1-4H3,(H,32,33)/t20-,21+,22+,23+,24?,25?,26?,28?,29?,30+,31+/m0/s1. The minimum Gasteiger partial charge on any atom is -0.481 e. The Bertz CT molecular complexity index is 705. The van der Waals surface area contributed by atoms with E-state index in [1.807, 2.05) is 0 Å². The number of carbonyl (C=O) groups is 1. The number of fused-ring (bicyclic) bond motifs is 3. The van der Waals surface area contributed by atoms with Crippen LogP contribution in [0.4, 0.5) is 0 Å². The van der Waals surface area contributed by atoms with Crippen LogP contribution >= 0.6 is 0 Å². The summed E-state index contributed by atoms with van der Waals surface area (Å²) in [6.45, 7) is 10.3. The van der Waals surface area contributed by atoms with Gasteiger partial charge in [-0.2, -0.15) is 0 Å². The second kappa shape index (κ2) is 12.5. The maximum atomic E-state index is 12.0. The van der Waals surface area contributed by atoms with Crippen molar-refractivity contribution < 1.29 is 24.5 Å². The second-order valence-electron chi connectivity index (χ2n) is 13.3. The molecule has 2 N–H and O–H groups in total. The second-order valence-corrected chi connectivity index (χ2v) is 13.3. The molecule has 1 heterocycles. The lowest BCUT2D eigenvalue weighted by atomic mass is 9.52. The van der Waals surface area contributed by atoms with Gasteiger partial charge in [-0.3, -0.25) is 4.79 Å². The molecular formula is C31H54O5. The Hall–Kier alpha value is -0.650. The molecule has 36 heavy (non-hydrogen) atoms. The fourth-order valence-corrected chi connectivity index (χ4v) is 9.21. The molecule has 4 rings (SSSR count). The molecule has 0 aromatic rings. The van der Waals surface area contributed by atoms with Gasteiger partial charge in [-0.05, 0) is 124 Å². The Morgan fingerprint density at radius 2 is 1.86 bits per heavy atom. The third-order valence-corrected chi connectivity index (χ3v) is 11.4. The van der Waals surface area contributed by atoms with E-state index < -0.39 is 5.97 Å². The summed E-state index contributed by atoms with van der Waals surface area (Å²) in [5.74, 6) is 2.76. The number of carboxylic acid groups (broad SMARTS) is 1. The van der Waals surface area contributed by atoms with Gasteiger partial charge in [0.15, 0.2) is 6.29 Å². The Morgan fingerprint density at radius 1 is 1.08 bits per heavy atom. The molecule has 3 saturated carbocycles. The molecule has 1 saturated heterocycles. The van der Waals surface area contributed by atoms with Crippen molar-refractivity contribution in [3.8, 4) is 0 Å². The van der Waals surface area contributed by atoms with Gasteiger partial charge in [-0.25, -0.2) is 0 Å². The fraction of sp³-hybridized carbons (Fsp3) is 0.968. The smallest absolute Gasteiger partial charge is 0.303 e. The fourth-order valence-electron chi connectivity index (χ4n) is 9.21. The lowest BCUT2D eigenvalue weighted by Crippen LogP contribution is -2.50.